The lowest BCUT2D eigenvalue weighted by Crippen LogP contribution is -2.54. The average Bonchev–Trinajstić information content (AvgIpc) is 2.48. The number of rotatable bonds is 3. The Balaban J connectivity index is 1.53. The lowest BCUT2D eigenvalue weighted by molar-refractivity contribution is -0.123. The third-order valence-corrected chi connectivity index (χ3v) is 4.94. The SMILES string of the molecule is O=C(CN1CCC2(O)CCCCC2C1)Nc1ccccc1. The molecule has 1 heterocycles. The molecule has 4 nitrogen and oxygen atoms in total. The van der Waals surface area contributed by atoms with Crippen LogP contribution in [0.4, 0.5) is 5.69 Å². The number of likely N-dealkylation sites (tertiary alicyclic amines) is 1. The van der Waals surface area contributed by atoms with E-state index in [1.807, 2.05) is 30.3 Å². The maximum Gasteiger partial charge on any atom is 0.238 e. The van der Waals surface area contributed by atoms with Crippen LogP contribution in [0, 0.1) is 5.92 Å². The summed E-state index contributed by atoms with van der Waals surface area (Å²) < 4.78 is 0. The topological polar surface area (TPSA) is 52.6 Å². The van der Waals surface area contributed by atoms with Crippen molar-refractivity contribution >= 4 is 11.6 Å². The third-order valence-electron chi connectivity index (χ3n) is 4.94. The largest absolute Gasteiger partial charge is 0.390 e. The molecular formula is C17H24N2O2. The van der Waals surface area contributed by atoms with Crippen molar-refractivity contribution in [3.8, 4) is 0 Å². The lowest BCUT2D eigenvalue weighted by Gasteiger charge is -2.47. The zero-order chi connectivity index (χ0) is 14.7. The molecule has 21 heavy (non-hydrogen) atoms. The summed E-state index contributed by atoms with van der Waals surface area (Å²) in [6, 6.07) is 9.56. The number of carbonyl (C=O) groups excluding carboxylic acids is 1. The van der Waals surface area contributed by atoms with Crippen LogP contribution in [0.2, 0.25) is 0 Å². The fourth-order valence-electron chi connectivity index (χ4n) is 3.71. The number of hydrogen-bond acceptors (Lipinski definition) is 3. The van der Waals surface area contributed by atoms with Gasteiger partial charge in [-0.05, 0) is 31.4 Å². The first-order chi connectivity index (χ1) is 10.2. The summed E-state index contributed by atoms with van der Waals surface area (Å²) in [5, 5.41) is 13.6. The minimum atomic E-state index is -0.468. The Morgan fingerprint density at radius 2 is 2.10 bits per heavy atom. The predicted molar refractivity (Wildman–Crippen MR) is 83.0 cm³/mol. The Kier molecular flexibility index (Phi) is 4.27. The van der Waals surface area contributed by atoms with Gasteiger partial charge in [0.15, 0.2) is 0 Å². The molecule has 1 saturated carbocycles. The highest BCUT2D eigenvalue weighted by Gasteiger charge is 2.42. The summed E-state index contributed by atoms with van der Waals surface area (Å²) in [5.74, 6) is 0.368. The fourth-order valence-corrected chi connectivity index (χ4v) is 3.71. The van der Waals surface area contributed by atoms with Gasteiger partial charge in [-0.25, -0.2) is 0 Å². The zero-order valence-electron chi connectivity index (χ0n) is 12.4. The highest BCUT2D eigenvalue weighted by atomic mass is 16.3. The number of aliphatic hydroxyl groups is 1. The van der Waals surface area contributed by atoms with Gasteiger partial charge in [0.05, 0.1) is 12.1 Å². The normalized spacial score (nSPS) is 29.7. The van der Waals surface area contributed by atoms with Crippen LogP contribution in [0.15, 0.2) is 30.3 Å². The Bertz CT molecular complexity index is 491. The zero-order valence-corrected chi connectivity index (χ0v) is 12.4. The van der Waals surface area contributed by atoms with Crippen LogP contribution in [0.5, 0.6) is 0 Å². The van der Waals surface area contributed by atoms with E-state index in [4.69, 9.17) is 0 Å². The van der Waals surface area contributed by atoms with E-state index in [0.717, 1.165) is 44.5 Å². The van der Waals surface area contributed by atoms with Gasteiger partial charge in [0.25, 0.3) is 0 Å². The average molecular weight is 288 g/mol. The van der Waals surface area contributed by atoms with Crippen LogP contribution < -0.4 is 5.32 Å². The second-order valence-corrected chi connectivity index (χ2v) is 6.45. The van der Waals surface area contributed by atoms with Gasteiger partial charge in [-0.15, -0.1) is 0 Å². The molecule has 2 fully saturated rings. The van der Waals surface area contributed by atoms with Crippen molar-refractivity contribution in [3.05, 3.63) is 30.3 Å². The van der Waals surface area contributed by atoms with Crippen molar-refractivity contribution in [2.45, 2.75) is 37.7 Å². The summed E-state index contributed by atoms with van der Waals surface area (Å²) >= 11 is 0. The van der Waals surface area contributed by atoms with Gasteiger partial charge in [0.1, 0.15) is 0 Å². The molecule has 0 radical (unpaired) electrons. The molecule has 1 saturated heterocycles. The van der Waals surface area contributed by atoms with Crippen LogP contribution in [0.1, 0.15) is 32.1 Å². The van der Waals surface area contributed by atoms with Gasteiger partial charge in [0, 0.05) is 24.7 Å². The van der Waals surface area contributed by atoms with Crippen LogP contribution in [0.3, 0.4) is 0 Å². The number of benzene rings is 1. The minimum absolute atomic E-state index is 0.0300. The van der Waals surface area contributed by atoms with E-state index in [0.29, 0.717) is 12.5 Å². The number of nitrogens with zero attached hydrogens (tertiary/aromatic N) is 1. The molecule has 1 aromatic carbocycles. The molecule has 0 bridgehead atoms. The molecule has 2 N–H and O–H groups in total. The number of anilines is 1. The lowest BCUT2D eigenvalue weighted by atomic mass is 9.71. The Labute approximate surface area is 126 Å². The van der Waals surface area contributed by atoms with E-state index < -0.39 is 5.60 Å². The highest BCUT2D eigenvalue weighted by molar-refractivity contribution is 5.92. The van der Waals surface area contributed by atoms with Gasteiger partial charge in [0.2, 0.25) is 5.91 Å². The molecule has 0 spiro atoms. The quantitative estimate of drug-likeness (QED) is 0.897. The fraction of sp³-hybridized carbons (Fsp3) is 0.588. The number of fused-ring (bicyclic) bond motifs is 1. The predicted octanol–water partition coefficient (Wildman–Crippen LogP) is 2.25. The molecule has 0 aromatic heterocycles. The first-order valence-electron chi connectivity index (χ1n) is 7.95. The summed E-state index contributed by atoms with van der Waals surface area (Å²) in [4.78, 5) is 14.3. The number of nitrogens with one attached hydrogen (secondary N) is 1. The standard InChI is InChI=1S/C17H24N2O2/c20-16(18-15-7-2-1-3-8-15)13-19-11-10-17(21)9-5-4-6-14(17)12-19/h1-3,7-8,14,21H,4-6,9-13H2,(H,18,20). The summed E-state index contributed by atoms with van der Waals surface area (Å²) in [5.41, 5.74) is 0.374. The van der Waals surface area contributed by atoms with E-state index in [9.17, 15) is 9.90 Å². The number of piperidine rings is 1. The molecule has 1 aliphatic carbocycles. The van der Waals surface area contributed by atoms with Crippen molar-refractivity contribution in [3.63, 3.8) is 0 Å². The molecule has 114 valence electrons. The van der Waals surface area contributed by atoms with E-state index >= 15 is 0 Å². The van der Waals surface area contributed by atoms with Gasteiger partial charge >= 0.3 is 0 Å². The Morgan fingerprint density at radius 1 is 1.29 bits per heavy atom. The second kappa shape index (κ2) is 6.16. The Morgan fingerprint density at radius 3 is 2.90 bits per heavy atom. The maximum absolute atomic E-state index is 12.1. The molecule has 4 heteroatoms. The number of hydrogen-bond donors (Lipinski definition) is 2. The van der Waals surface area contributed by atoms with E-state index in [2.05, 4.69) is 10.2 Å². The van der Waals surface area contributed by atoms with E-state index in [1.165, 1.54) is 6.42 Å². The molecule has 1 amide bonds. The van der Waals surface area contributed by atoms with Crippen LogP contribution in [-0.4, -0.2) is 41.1 Å². The van der Waals surface area contributed by atoms with Crippen molar-refractivity contribution in [1.82, 2.24) is 4.90 Å². The maximum atomic E-state index is 12.1. The smallest absolute Gasteiger partial charge is 0.238 e. The van der Waals surface area contributed by atoms with E-state index in [-0.39, 0.29) is 5.91 Å². The van der Waals surface area contributed by atoms with Gasteiger partial charge < -0.3 is 10.4 Å². The van der Waals surface area contributed by atoms with Crippen LogP contribution >= 0.6 is 0 Å². The van der Waals surface area contributed by atoms with Crippen molar-refractivity contribution in [2.24, 2.45) is 5.92 Å². The van der Waals surface area contributed by atoms with Crippen LogP contribution in [0.25, 0.3) is 0 Å². The minimum Gasteiger partial charge on any atom is -0.390 e. The van der Waals surface area contributed by atoms with Gasteiger partial charge in [-0.3, -0.25) is 9.69 Å². The molecular weight excluding hydrogens is 264 g/mol. The summed E-state index contributed by atoms with van der Waals surface area (Å²) in [7, 11) is 0. The monoisotopic (exact) mass is 288 g/mol. The van der Waals surface area contributed by atoms with Crippen molar-refractivity contribution in [2.75, 3.05) is 25.0 Å². The Hall–Kier alpha value is -1.39. The molecule has 2 aliphatic rings. The van der Waals surface area contributed by atoms with E-state index in [1.54, 1.807) is 0 Å². The second-order valence-electron chi connectivity index (χ2n) is 6.45. The summed E-state index contributed by atoms with van der Waals surface area (Å²) in [6.45, 7) is 2.08. The highest BCUT2D eigenvalue weighted by Crippen LogP contribution is 2.39. The van der Waals surface area contributed by atoms with Crippen molar-refractivity contribution in [1.29, 1.82) is 0 Å². The number of amides is 1. The first kappa shape index (κ1) is 14.5. The molecule has 1 aromatic rings. The first-order valence-corrected chi connectivity index (χ1v) is 7.95. The molecule has 2 atom stereocenters. The van der Waals surface area contributed by atoms with Gasteiger partial charge in [-0.1, -0.05) is 31.0 Å². The van der Waals surface area contributed by atoms with Crippen molar-refractivity contribution < 1.29 is 9.90 Å². The van der Waals surface area contributed by atoms with Crippen LogP contribution in [-0.2, 0) is 4.79 Å². The third kappa shape index (κ3) is 3.44. The number of carbonyl (C=O) groups is 1. The number of para-hydroxylation sites is 1. The molecule has 1 aliphatic heterocycles. The molecule has 2 unspecified atom stereocenters. The summed E-state index contributed by atoms with van der Waals surface area (Å²) in [6.07, 6.45) is 5.17. The van der Waals surface area contributed by atoms with Gasteiger partial charge in [-0.2, -0.15) is 0 Å². The molecule has 3 rings (SSSR count).